The maximum absolute atomic E-state index is 12.8. The average molecular weight is 509 g/mol. The Morgan fingerprint density at radius 2 is 1.69 bits per heavy atom. The van der Waals surface area contributed by atoms with Crippen LogP contribution in [0.25, 0.3) is 6.08 Å². The summed E-state index contributed by atoms with van der Waals surface area (Å²) in [6.45, 7) is 0.241. The lowest BCUT2D eigenvalue weighted by Gasteiger charge is -2.13. The summed E-state index contributed by atoms with van der Waals surface area (Å²) in [5, 5.41) is 2.58. The van der Waals surface area contributed by atoms with Crippen LogP contribution in [-0.4, -0.2) is 41.7 Å². The molecule has 0 aromatic heterocycles. The zero-order valence-electron chi connectivity index (χ0n) is 18.5. The summed E-state index contributed by atoms with van der Waals surface area (Å²) >= 11 is 6.70. The van der Waals surface area contributed by atoms with E-state index >= 15 is 0 Å². The van der Waals surface area contributed by atoms with Crippen molar-refractivity contribution in [2.45, 2.75) is 0 Å². The van der Waals surface area contributed by atoms with E-state index in [4.69, 9.17) is 21.1 Å². The molecule has 3 aromatic carbocycles. The van der Waals surface area contributed by atoms with Gasteiger partial charge < -0.3 is 14.8 Å². The predicted molar refractivity (Wildman–Crippen MR) is 137 cm³/mol. The number of carbonyl (C=O) groups is 3. The van der Waals surface area contributed by atoms with E-state index in [1.165, 1.54) is 0 Å². The number of anilines is 1. The quantitative estimate of drug-likeness (QED) is 0.304. The Hall–Kier alpha value is -3.75. The fourth-order valence-electron chi connectivity index (χ4n) is 3.25. The van der Waals surface area contributed by atoms with Gasteiger partial charge in [0, 0.05) is 16.3 Å². The van der Waals surface area contributed by atoms with Crippen LogP contribution >= 0.6 is 23.4 Å². The topological polar surface area (TPSA) is 84.9 Å². The number of nitrogens with zero attached hydrogens (tertiary/aromatic N) is 1. The van der Waals surface area contributed by atoms with Crippen molar-refractivity contribution < 1.29 is 23.9 Å². The van der Waals surface area contributed by atoms with Crippen molar-refractivity contribution in [3.63, 3.8) is 0 Å². The summed E-state index contributed by atoms with van der Waals surface area (Å²) in [6.07, 6.45) is 1.59. The summed E-state index contributed by atoms with van der Waals surface area (Å²) in [7, 11) is 0. The SMILES string of the molecule is O=C(CN1C(=O)S/C(=C/c2ccccc2OCCOc2ccccc2)C1=O)Nc1cccc(Cl)c1. The van der Waals surface area contributed by atoms with Gasteiger partial charge in [0.1, 0.15) is 31.3 Å². The lowest BCUT2D eigenvalue weighted by Crippen LogP contribution is -2.36. The predicted octanol–water partition coefficient (Wildman–Crippen LogP) is 5.47. The Labute approximate surface area is 211 Å². The molecule has 1 saturated heterocycles. The van der Waals surface area contributed by atoms with E-state index in [2.05, 4.69) is 5.32 Å². The minimum atomic E-state index is -0.538. The Kier molecular flexibility index (Phi) is 8.07. The number of thioether (sulfide) groups is 1. The van der Waals surface area contributed by atoms with E-state index in [1.807, 2.05) is 42.5 Å². The molecule has 1 heterocycles. The number of hydrogen-bond acceptors (Lipinski definition) is 6. The molecule has 3 aromatic rings. The van der Waals surface area contributed by atoms with Gasteiger partial charge in [-0.2, -0.15) is 0 Å². The second kappa shape index (κ2) is 11.6. The van der Waals surface area contributed by atoms with Crippen molar-refractivity contribution in [2.24, 2.45) is 0 Å². The first-order valence-electron chi connectivity index (χ1n) is 10.7. The van der Waals surface area contributed by atoms with E-state index in [9.17, 15) is 14.4 Å². The second-order valence-corrected chi connectivity index (χ2v) is 8.80. The molecular weight excluding hydrogens is 488 g/mol. The minimum absolute atomic E-state index is 0.210. The molecule has 0 saturated carbocycles. The molecule has 0 spiro atoms. The van der Waals surface area contributed by atoms with E-state index < -0.39 is 23.6 Å². The normalized spacial score (nSPS) is 14.3. The number of para-hydroxylation sites is 2. The first-order chi connectivity index (χ1) is 17.0. The summed E-state index contributed by atoms with van der Waals surface area (Å²) in [6, 6.07) is 23.2. The van der Waals surface area contributed by atoms with Gasteiger partial charge in [0.15, 0.2) is 0 Å². The van der Waals surface area contributed by atoms with Gasteiger partial charge in [0.2, 0.25) is 5.91 Å². The fourth-order valence-corrected chi connectivity index (χ4v) is 4.27. The lowest BCUT2D eigenvalue weighted by molar-refractivity contribution is -0.127. The molecule has 9 heteroatoms. The molecule has 0 radical (unpaired) electrons. The third kappa shape index (κ3) is 6.65. The Morgan fingerprint density at radius 1 is 0.943 bits per heavy atom. The number of benzene rings is 3. The van der Waals surface area contributed by atoms with Crippen molar-refractivity contribution in [1.29, 1.82) is 0 Å². The third-order valence-electron chi connectivity index (χ3n) is 4.84. The van der Waals surface area contributed by atoms with Gasteiger partial charge >= 0.3 is 0 Å². The van der Waals surface area contributed by atoms with Crippen LogP contribution in [0.15, 0.2) is 83.8 Å². The highest BCUT2D eigenvalue weighted by Crippen LogP contribution is 2.34. The van der Waals surface area contributed by atoms with Crippen molar-refractivity contribution in [3.05, 3.63) is 94.4 Å². The molecular formula is C26H21ClN2O5S. The standard InChI is InChI=1S/C26H21ClN2O5S/c27-19-8-6-9-20(16-19)28-24(30)17-29-25(31)23(35-26(29)32)15-18-7-4-5-12-22(18)34-14-13-33-21-10-2-1-3-11-21/h1-12,15-16H,13-14,17H2,(H,28,30)/b23-15+. The monoisotopic (exact) mass is 508 g/mol. The van der Waals surface area contributed by atoms with Crippen LogP contribution in [0, 0.1) is 0 Å². The molecule has 7 nitrogen and oxygen atoms in total. The maximum Gasteiger partial charge on any atom is 0.294 e. The van der Waals surface area contributed by atoms with Gasteiger partial charge in [-0.05, 0) is 54.2 Å². The summed E-state index contributed by atoms with van der Waals surface area (Å²) in [5.41, 5.74) is 1.12. The number of rotatable bonds is 9. The van der Waals surface area contributed by atoms with E-state index in [1.54, 1.807) is 42.5 Å². The molecule has 0 aliphatic carbocycles. The fraction of sp³-hybridized carbons (Fsp3) is 0.115. The highest BCUT2D eigenvalue weighted by molar-refractivity contribution is 8.18. The van der Waals surface area contributed by atoms with Crippen LogP contribution in [0.5, 0.6) is 11.5 Å². The van der Waals surface area contributed by atoms with Gasteiger partial charge in [-0.25, -0.2) is 0 Å². The van der Waals surface area contributed by atoms with Crippen LogP contribution in [0.1, 0.15) is 5.56 Å². The first-order valence-corrected chi connectivity index (χ1v) is 11.9. The average Bonchev–Trinajstić information content (AvgIpc) is 3.10. The molecule has 0 bridgehead atoms. The molecule has 1 fully saturated rings. The van der Waals surface area contributed by atoms with Crippen LogP contribution < -0.4 is 14.8 Å². The van der Waals surface area contributed by atoms with Crippen LogP contribution in [0.3, 0.4) is 0 Å². The van der Waals surface area contributed by atoms with Gasteiger partial charge in [-0.15, -0.1) is 0 Å². The summed E-state index contributed by atoms with van der Waals surface area (Å²) < 4.78 is 11.5. The van der Waals surface area contributed by atoms with E-state index in [0.717, 1.165) is 22.4 Å². The van der Waals surface area contributed by atoms with Crippen molar-refractivity contribution in [1.82, 2.24) is 4.90 Å². The second-order valence-electron chi connectivity index (χ2n) is 7.37. The van der Waals surface area contributed by atoms with Crippen molar-refractivity contribution in [3.8, 4) is 11.5 Å². The summed E-state index contributed by atoms with van der Waals surface area (Å²) in [4.78, 5) is 38.8. The molecule has 0 unspecified atom stereocenters. The lowest BCUT2D eigenvalue weighted by atomic mass is 10.2. The maximum atomic E-state index is 12.8. The third-order valence-corrected chi connectivity index (χ3v) is 5.98. The van der Waals surface area contributed by atoms with Crippen molar-refractivity contribution in [2.75, 3.05) is 25.1 Å². The Bertz CT molecular complexity index is 1270. The Balaban J connectivity index is 1.37. The van der Waals surface area contributed by atoms with Gasteiger partial charge in [0.05, 0.1) is 4.91 Å². The number of amides is 3. The van der Waals surface area contributed by atoms with Gasteiger partial charge in [0.25, 0.3) is 11.1 Å². The van der Waals surface area contributed by atoms with E-state index in [-0.39, 0.29) is 4.91 Å². The zero-order valence-corrected chi connectivity index (χ0v) is 20.1. The van der Waals surface area contributed by atoms with Crippen LogP contribution in [-0.2, 0) is 9.59 Å². The van der Waals surface area contributed by atoms with Gasteiger partial charge in [-0.1, -0.05) is 54.1 Å². The number of carbonyl (C=O) groups excluding carboxylic acids is 3. The van der Waals surface area contributed by atoms with Crippen LogP contribution in [0.2, 0.25) is 5.02 Å². The number of nitrogens with one attached hydrogen (secondary N) is 1. The largest absolute Gasteiger partial charge is 0.490 e. The molecule has 1 aliphatic rings. The van der Waals surface area contributed by atoms with Gasteiger partial charge in [-0.3, -0.25) is 19.3 Å². The Morgan fingerprint density at radius 3 is 2.49 bits per heavy atom. The minimum Gasteiger partial charge on any atom is -0.490 e. The molecule has 0 atom stereocenters. The van der Waals surface area contributed by atoms with Crippen molar-refractivity contribution >= 4 is 52.2 Å². The highest BCUT2D eigenvalue weighted by atomic mass is 35.5. The molecule has 1 N–H and O–H groups in total. The number of imide groups is 1. The molecule has 3 amide bonds. The molecule has 35 heavy (non-hydrogen) atoms. The number of hydrogen-bond donors (Lipinski definition) is 1. The van der Waals surface area contributed by atoms with Crippen LogP contribution in [0.4, 0.5) is 10.5 Å². The number of halogens is 1. The molecule has 4 rings (SSSR count). The summed E-state index contributed by atoms with van der Waals surface area (Å²) in [5.74, 6) is 0.258. The first kappa shape index (κ1) is 24.4. The zero-order chi connectivity index (χ0) is 24.6. The number of ether oxygens (including phenoxy) is 2. The highest BCUT2D eigenvalue weighted by Gasteiger charge is 2.36. The van der Waals surface area contributed by atoms with E-state index in [0.29, 0.717) is 35.2 Å². The molecule has 1 aliphatic heterocycles. The molecule has 178 valence electrons. The smallest absolute Gasteiger partial charge is 0.294 e.